The van der Waals surface area contributed by atoms with Crippen molar-refractivity contribution in [1.29, 1.82) is 0 Å². The van der Waals surface area contributed by atoms with Crippen LogP contribution in [0.5, 0.6) is 0 Å². The van der Waals surface area contributed by atoms with E-state index in [0.29, 0.717) is 22.8 Å². The summed E-state index contributed by atoms with van der Waals surface area (Å²) < 4.78 is 34.0. The molecule has 0 saturated carbocycles. The number of benzene rings is 3. The van der Waals surface area contributed by atoms with Gasteiger partial charge in [0.1, 0.15) is 12.0 Å². The molecule has 0 aliphatic rings. The summed E-state index contributed by atoms with van der Waals surface area (Å²) in [7, 11) is -3.89. The van der Waals surface area contributed by atoms with Crippen LogP contribution >= 0.6 is 0 Å². The Morgan fingerprint density at radius 2 is 1.59 bits per heavy atom. The van der Waals surface area contributed by atoms with E-state index >= 15 is 0 Å². The third-order valence-corrected chi connectivity index (χ3v) is 6.84. The third-order valence-electron chi connectivity index (χ3n) is 5.05. The summed E-state index contributed by atoms with van der Waals surface area (Å²) in [6.45, 7) is 3.34. The second-order valence-corrected chi connectivity index (χ2v) is 9.30. The Morgan fingerprint density at radius 3 is 2.22 bits per heavy atom. The van der Waals surface area contributed by atoms with Gasteiger partial charge in [0.05, 0.1) is 17.1 Å². The number of carbonyl (C=O) groups excluding carboxylic acids is 1. The van der Waals surface area contributed by atoms with E-state index < -0.39 is 10.0 Å². The molecule has 6 nitrogen and oxygen atoms in total. The van der Waals surface area contributed by atoms with Gasteiger partial charge in [0, 0.05) is 11.1 Å². The minimum Gasteiger partial charge on any atom is -0.444 e. The lowest BCUT2D eigenvalue weighted by atomic mass is 10.1. The molecular weight excluding hydrogens is 424 g/mol. The van der Waals surface area contributed by atoms with Crippen molar-refractivity contribution in [3.63, 3.8) is 0 Å². The predicted octanol–water partition coefficient (Wildman–Crippen LogP) is 5.25. The van der Waals surface area contributed by atoms with E-state index in [0.717, 1.165) is 11.1 Å². The van der Waals surface area contributed by atoms with Crippen molar-refractivity contribution in [2.24, 2.45) is 0 Å². The maximum absolute atomic E-state index is 13.5. The molecule has 0 spiro atoms. The van der Waals surface area contributed by atoms with Gasteiger partial charge in [-0.05, 0) is 62.4 Å². The quantitative estimate of drug-likeness (QED) is 0.362. The minimum absolute atomic E-state index is 0.0219. The normalized spacial score (nSPS) is 11.3. The topological polar surface area (TPSA) is 80.5 Å². The van der Waals surface area contributed by atoms with Crippen LogP contribution in [0, 0.1) is 6.92 Å². The van der Waals surface area contributed by atoms with Crippen molar-refractivity contribution < 1.29 is 17.6 Å². The Balaban J connectivity index is 1.73. The molecule has 3 aromatic carbocycles. The molecule has 0 aliphatic carbocycles. The molecule has 162 valence electrons. The van der Waals surface area contributed by atoms with Crippen molar-refractivity contribution in [3.8, 4) is 11.5 Å². The van der Waals surface area contributed by atoms with Crippen LogP contribution < -0.4 is 4.31 Å². The molecule has 0 saturated heterocycles. The maximum atomic E-state index is 13.5. The van der Waals surface area contributed by atoms with Gasteiger partial charge in [0.2, 0.25) is 5.89 Å². The highest BCUT2D eigenvalue weighted by molar-refractivity contribution is 7.92. The Bertz CT molecular complexity index is 1330. The van der Waals surface area contributed by atoms with Gasteiger partial charge in [-0.2, -0.15) is 0 Å². The van der Waals surface area contributed by atoms with E-state index in [1.807, 2.05) is 37.3 Å². The number of hydrogen-bond donors (Lipinski definition) is 0. The molecule has 0 radical (unpaired) electrons. The fourth-order valence-electron chi connectivity index (χ4n) is 3.25. The van der Waals surface area contributed by atoms with Crippen molar-refractivity contribution in [3.05, 3.63) is 102 Å². The zero-order valence-electron chi connectivity index (χ0n) is 17.7. The van der Waals surface area contributed by atoms with Crippen molar-refractivity contribution in [2.45, 2.75) is 25.3 Å². The SMILES string of the molecule is CC(=O)c1ccc(N(Cc2coc(-c3ccccc3)n2)S(=O)(=O)c2ccc(C)cc2)cc1. The third kappa shape index (κ3) is 4.48. The molecule has 7 heteroatoms. The van der Waals surface area contributed by atoms with Crippen molar-refractivity contribution in [1.82, 2.24) is 4.98 Å². The second kappa shape index (κ2) is 8.80. The van der Waals surface area contributed by atoms with Crippen LogP contribution in [0.2, 0.25) is 0 Å². The summed E-state index contributed by atoms with van der Waals surface area (Å²) in [5, 5.41) is 0. The van der Waals surface area contributed by atoms with E-state index in [2.05, 4.69) is 4.98 Å². The summed E-state index contributed by atoms with van der Waals surface area (Å²) in [6.07, 6.45) is 1.46. The molecule has 0 atom stereocenters. The molecule has 0 amide bonds. The number of aryl methyl sites for hydroxylation is 1. The Morgan fingerprint density at radius 1 is 0.938 bits per heavy atom. The largest absolute Gasteiger partial charge is 0.444 e. The Hall–Kier alpha value is -3.71. The molecule has 4 rings (SSSR count). The van der Waals surface area contributed by atoms with Crippen molar-refractivity contribution >= 4 is 21.5 Å². The fourth-order valence-corrected chi connectivity index (χ4v) is 4.69. The summed E-state index contributed by atoms with van der Waals surface area (Å²) in [6, 6.07) is 22.6. The molecule has 1 heterocycles. The summed E-state index contributed by atoms with van der Waals surface area (Å²) in [5.74, 6) is 0.328. The van der Waals surface area contributed by atoms with E-state index in [9.17, 15) is 13.2 Å². The molecule has 4 aromatic rings. The van der Waals surface area contributed by atoms with Gasteiger partial charge in [0.25, 0.3) is 10.0 Å². The van der Waals surface area contributed by atoms with Gasteiger partial charge < -0.3 is 4.42 Å². The number of Topliss-reactive ketones (excluding diaryl/α,β-unsaturated/α-hetero) is 1. The van der Waals surface area contributed by atoms with Gasteiger partial charge >= 0.3 is 0 Å². The lowest BCUT2D eigenvalue weighted by Crippen LogP contribution is -2.30. The number of aromatic nitrogens is 1. The average Bonchev–Trinajstić information content (AvgIpc) is 3.27. The maximum Gasteiger partial charge on any atom is 0.264 e. The smallest absolute Gasteiger partial charge is 0.264 e. The molecule has 1 aromatic heterocycles. The van der Waals surface area contributed by atoms with Crippen LogP contribution in [0.25, 0.3) is 11.5 Å². The van der Waals surface area contributed by atoms with Gasteiger partial charge in [-0.3, -0.25) is 9.10 Å². The van der Waals surface area contributed by atoms with Gasteiger partial charge in [-0.1, -0.05) is 35.9 Å². The van der Waals surface area contributed by atoms with Gasteiger partial charge in [-0.15, -0.1) is 0 Å². The lowest BCUT2D eigenvalue weighted by Gasteiger charge is -2.24. The van der Waals surface area contributed by atoms with Crippen LogP contribution in [0.1, 0.15) is 28.5 Å². The first-order chi connectivity index (χ1) is 15.3. The molecule has 0 fully saturated rings. The summed E-state index contributed by atoms with van der Waals surface area (Å²) in [4.78, 5) is 16.3. The summed E-state index contributed by atoms with van der Waals surface area (Å²) in [5.41, 5.74) is 3.17. The van der Waals surface area contributed by atoms with E-state index in [4.69, 9.17) is 4.42 Å². The predicted molar refractivity (Wildman–Crippen MR) is 123 cm³/mol. The summed E-state index contributed by atoms with van der Waals surface area (Å²) >= 11 is 0. The first-order valence-electron chi connectivity index (χ1n) is 10.0. The monoisotopic (exact) mass is 446 g/mol. The second-order valence-electron chi connectivity index (χ2n) is 7.44. The highest BCUT2D eigenvalue weighted by atomic mass is 32.2. The first-order valence-corrected chi connectivity index (χ1v) is 11.5. The minimum atomic E-state index is -3.89. The van der Waals surface area contributed by atoms with Gasteiger partial charge in [0.15, 0.2) is 5.78 Å². The molecule has 0 unspecified atom stereocenters. The van der Waals surface area contributed by atoms with Gasteiger partial charge in [-0.25, -0.2) is 13.4 Å². The van der Waals surface area contributed by atoms with Crippen LogP contribution in [0.4, 0.5) is 5.69 Å². The zero-order valence-corrected chi connectivity index (χ0v) is 18.5. The standard InChI is InChI=1S/C25H22N2O4S/c1-18-8-14-24(15-9-18)32(29,30)27(23-12-10-20(11-13-23)19(2)28)16-22-17-31-25(26-22)21-6-4-3-5-7-21/h3-15,17H,16H2,1-2H3. The average molecular weight is 447 g/mol. The Kier molecular flexibility index (Phi) is 5.92. The molecular formula is C25H22N2O4S. The number of ketones is 1. The molecule has 0 N–H and O–H groups in total. The number of rotatable bonds is 7. The first kappa shape index (κ1) is 21.5. The number of oxazole rings is 1. The number of sulfonamides is 1. The number of carbonyl (C=O) groups is 1. The zero-order chi connectivity index (χ0) is 22.7. The lowest BCUT2D eigenvalue weighted by molar-refractivity contribution is 0.101. The Labute approximate surface area is 187 Å². The van der Waals surface area contributed by atoms with Crippen LogP contribution in [-0.4, -0.2) is 19.2 Å². The highest BCUT2D eigenvalue weighted by Crippen LogP contribution is 2.27. The fraction of sp³-hybridized carbons (Fsp3) is 0.120. The van der Waals surface area contributed by atoms with Crippen molar-refractivity contribution in [2.75, 3.05) is 4.31 Å². The van der Waals surface area contributed by atoms with Crippen LogP contribution in [-0.2, 0) is 16.6 Å². The number of hydrogen-bond acceptors (Lipinski definition) is 5. The van der Waals surface area contributed by atoms with Crippen LogP contribution in [0.3, 0.4) is 0 Å². The molecule has 32 heavy (non-hydrogen) atoms. The van der Waals surface area contributed by atoms with E-state index in [1.165, 1.54) is 17.5 Å². The molecule has 0 bridgehead atoms. The van der Waals surface area contributed by atoms with E-state index in [1.54, 1.807) is 48.5 Å². The molecule has 0 aliphatic heterocycles. The van der Waals surface area contributed by atoms with Crippen LogP contribution in [0.15, 0.2) is 94.4 Å². The highest BCUT2D eigenvalue weighted by Gasteiger charge is 2.26. The number of anilines is 1. The van der Waals surface area contributed by atoms with E-state index in [-0.39, 0.29) is 17.2 Å². The number of nitrogens with zero attached hydrogens (tertiary/aromatic N) is 2.